The summed E-state index contributed by atoms with van der Waals surface area (Å²) in [5, 5.41) is 8.72. The fraction of sp³-hybridized carbons (Fsp3) is 0.143. The highest BCUT2D eigenvalue weighted by Crippen LogP contribution is 2.30. The molecule has 1 heterocycles. The van der Waals surface area contributed by atoms with Gasteiger partial charge in [-0.2, -0.15) is 13.2 Å². The summed E-state index contributed by atoms with van der Waals surface area (Å²) in [6.45, 7) is 0. The first kappa shape index (κ1) is 14.0. The molecule has 3 nitrogen and oxygen atoms in total. The molecule has 104 valence electrons. The SMILES string of the molecule is O=C(O)Cc1cc(-c2ccccc2)nc(C(F)(F)F)c1. The summed E-state index contributed by atoms with van der Waals surface area (Å²) in [5.74, 6) is -1.19. The normalized spacial score (nSPS) is 11.3. The lowest BCUT2D eigenvalue weighted by Crippen LogP contribution is -2.11. The first-order chi connectivity index (χ1) is 9.36. The van der Waals surface area contributed by atoms with Gasteiger partial charge in [-0.1, -0.05) is 30.3 Å². The number of aromatic nitrogens is 1. The molecule has 1 N–H and O–H groups in total. The maximum atomic E-state index is 12.8. The molecular formula is C14H10F3NO2. The maximum Gasteiger partial charge on any atom is 0.433 e. The van der Waals surface area contributed by atoms with Crippen molar-refractivity contribution in [2.45, 2.75) is 12.6 Å². The monoisotopic (exact) mass is 281 g/mol. The molecule has 1 aromatic carbocycles. The lowest BCUT2D eigenvalue weighted by atomic mass is 10.1. The summed E-state index contributed by atoms with van der Waals surface area (Å²) in [5.41, 5.74) is -0.407. The minimum atomic E-state index is -4.61. The van der Waals surface area contributed by atoms with Crippen molar-refractivity contribution >= 4 is 5.97 Å². The van der Waals surface area contributed by atoms with Crippen molar-refractivity contribution in [1.82, 2.24) is 4.98 Å². The third-order valence-corrected chi connectivity index (χ3v) is 2.60. The van der Waals surface area contributed by atoms with E-state index in [0.29, 0.717) is 5.56 Å². The highest BCUT2D eigenvalue weighted by molar-refractivity contribution is 5.71. The van der Waals surface area contributed by atoms with E-state index in [4.69, 9.17) is 5.11 Å². The van der Waals surface area contributed by atoms with Gasteiger partial charge in [-0.25, -0.2) is 4.98 Å². The van der Waals surface area contributed by atoms with Crippen molar-refractivity contribution in [3.8, 4) is 11.3 Å². The Kier molecular flexibility index (Phi) is 3.74. The van der Waals surface area contributed by atoms with Crippen molar-refractivity contribution in [3.05, 3.63) is 53.7 Å². The number of alkyl halides is 3. The second-order valence-corrected chi connectivity index (χ2v) is 4.18. The van der Waals surface area contributed by atoms with Crippen LogP contribution in [0.1, 0.15) is 11.3 Å². The Morgan fingerprint density at radius 2 is 1.80 bits per heavy atom. The topological polar surface area (TPSA) is 50.2 Å². The average Bonchev–Trinajstić information content (AvgIpc) is 2.37. The van der Waals surface area contributed by atoms with Gasteiger partial charge < -0.3 is 5.11 Å². The number of carbonyl (C=O) groups is 1. The number of hydrogen-bond donors (Lipinski definition) is 1. The number of rotatable bonds is 3. The second kappa shape index (κ2) is 5.32. The van der Waals surface area contributed by atoms with Gasteiger partial charge in [-0.15, -0.1) is 0 Å². The Morgan fingerprint density at radius 1 is 1.15 bits per heavy atom. The van der Waals surface area contributed by atoms with Gasteiger partial charge in [0.25, 0.3) is 0 Å². The molecule has 0 spiro atoms. The molecule has 2 rings (SSSR count). The number of carboxylic acid groups (broad SMARTS) is 1. The van der Waals surface area contributed by atoms with Crippen LogP contribution in [0.3, 0.4) is 0 Å². The van der Waals surface area contributed by atoms with Gasteiger partial charge in [-0.3, -0.25) is 4.79 Å². The molecule has 0 radical (unpaired) electrons. The van der Waals surface area contributed by atoms with Gasteiger partial charge in [0.2, 0.25) is 0 Å². The van der Waals surface area contributed by atoms with Crippen molar-refractivity contribution in [1.29, 1.82) is 0 Å². The molecule has 0 atom stereocenters. The van der Waals surface area contributed by atoms with E-state index in [9.17, 15) is 18.0 Å². The lowest BCUT2D eigenvalue weighted by Gasteiger charge is -2.10. The molecule has 2 aromatic rings. The second-order valence-electron chi connectivity index (χ2n) is 4.18. The van der Waals surface area contributed by atoms with Crippen molar-refractivity contribution in [2.24, 2.45) is 0 Å². The largest absolute Gasteiger partial charge is 0.481 e. The molecule has 0 unspecified atom stereocenters. The lowest BCUT2D eigenvalue weighted by molar-refractivity contribution is -0.141. The molecular weight excluding hydrogens is 271 g/mol. The maximum absolute atomic E-state index is 12.8. The van der Waals surface area contributed by atoms with Crippen LogP contribution in [0.4, 0.5) is 13.2 Å². The molecule has 0 aliphatic carbocycles. The van der Waals surface area contributed by atoms with E-state index in [2.05, 4.69) is 4.98 Å². The number of benzene rings is 1. The summed E-state index contributed by atoms with van der Waals surface area (Å²) in [6.07, 6.45) is -5.09. The highest BCUT2D eigenvalue weighted by Gasteiger charge is 2.33. The fourth-order valence-electron chi connectivity index (χ4n) is 1.77. The zero-order valence-electron chi connectivity index (χ0n) is 10.2. The van der Waals surface area contributed by atoms with Crippen LogP contribution in [0.15, 0.2) is 42.5 Å². The van der Waals surface area contributed by atoms with Crippen molar-refractivity contribution in [2.75, 3.05) is 0 Å². The number of nitrogens with zero attached hydrogens (tertiary/aromatic N) is 1. The van der Waals surface area contributed by atoms with Crippen molar-refractivity contribution < 1.29 is 23.1 Å². The number of pyridine rings is 1. The minimum absolute atomic E-state index is 0.0682. The number of carboxylic acids is 1. The average molecular weight is 281 g/mol. The first-order valence-electron chi connectivity index (χ1n) is 5.71. The Bertz CT molecular complexity index is 624. The zero-order valence-corrected chi connectivity index (χ0v) is 10.2. The Balaban J connectivity index is 2.54. The van der Waals surface area contributed by atoms with Gasteiger partial charge in [0.1, 0.15) is 5.69 Å². The Hall–Kier alpha value is -2.37. The number of halogens is 3. The van der Waals surface area contributed by atoms with Gasteiger partial charge >= 0.3 is 12.1 Å². The van der Waals surface area contributed by atoms with Crippen LogP contribution in [-0.2, 0) is 17.4 Å². The van der Waals surface area contributed by atoms with Gasteiger partial charge in [0, 0.05) is 5.56 Å². The molecule has 0 aliphatic rings. The van der Waals surface area contributed by atoms with Crippen LogP contribution in [0, 0.1) is 0 Å². The molecule has 20 heavy (non-hydrogen) atoms. The Labute approximate surface area is 112 Å². The van der Waals surface area contributed by atoms with Crippen LogP contribution in [-0.4, -0.2) is 16.1 Å². The van der Waals surface area contributed by atoms with Gasteiger partial charge in [0.15, 0.2) is 0 Å². The number of hydrogen-bond acceptors (Lipinski definition) is 2. The summed E-state index contributed by atoms with van der Waals surface area (Å²) in [4.78, 5) is 14.2. The predicted octanol–water partition coefficient (Wildman–Crippen LogP) is 3.39. The van der Waals surface area contributed by atoms with Crippen LogP contribution in [0.2, 0.25) is 0 Å². The van der Waals surface area contributed by atoms with E-state index in [1.165, 1.54) is 6.07 Å². The Morgan fingerprint density at radius 3 is 2.35 bits per heavy atom. The van der Waals surface area contributed by atoms with E-state index in [-0.39, 0.29) is 11.3 Å². The quantitative estimate of drug-likeness (QED) is 0.938. The van der Waals surface area contributed by atoms with E-state index >= 15 is 0 Å². The smallest absolute Gasteiger partial charge is 0.433 e. The first-order valence-corrected chi connectivity index (χ1v) is 5.71. The molecule has 1 aromatic heterocycles. The standard InChI is InChI=1S/C14H10F3NO2/c15-14(16,17)12-7-9(8-13(19)20)6-11(18-12)10-4-2-1-3-5-10/h1-7H,8H2,(H,19,20). The number of aliphatic carboxylic acids is 1. The molecule has 0 aliphatic heterocycles. The van der Waals surface area contributed by atoms with Crippen LogP contribution < -0.4 is 0 Å². The molecule has 0 bridgehead atoms. The third kappa shape index (κ3) is 3.34. The molecule has 0 saturated heterocycles. The summed E-state index contributed by atoms with van der Waals surface area (Å²) in [7, 11) is 0. The van der Waals surface area contributed by atoms with E-state index in [1.807, 2.05) is 0 Å². The zero-order chi connectivity index (χ0) is 14.8. The molecule has 6 heteroatoms. The van der Waals surface area contributed by atoms with Crippen LogP contribution >= 0.6 is 0 Å². The predicted molar refractivity (Wildman–Crippen MR) is 66.0 cm³/mol. The van der Waals surface area contributed by atoms with Crippen molar-refractivity contribution in [3.63, 3.8) is 0 Å². The van der Waals surface area contributed by atoms with Crippen LogP contribution in [0.5, 0.6) is 0 Å². The van der Waals surface area contributed by atoms with Crippen LogP contribution in [0.25, 0.3) is 11.3 Å². The molecule has 0 fully saturated rings. The summed E-state index contributed by atoms with van der Waals surface area (Å²) in [6, 6.07) is 10.4. The molecule has 0 amide bonds. The van der Waals surface area contributed by atoms with E-state index in [0.717, 1.165) is 6.07 Å². The highest BCUT2D eigenvalue weighted by atomic mass is 19.4. The summed E-state index contributed by atoms with van der Waals surface area (Å²) < 4.78 is 38.4. The fourth-order valence-corrected chi connectivity index (χ4v) is 1.77. The summed E-state index contributed by atoms with van der Waals surface area (Å²) >= 11 is 0. The third-order valence-electron chi connectivity index (χ3n) is 2.60. The molecule has 0 saturated carbocycles. The van der Waals surface area contributed by atoms with Gasteiger partial charge in [-0.05, 0) is 17.7 Å². The van der Waals surface area contributed by atoms with E-state index in [1.54, 1.807) is 30.3 Å². The minimum Gasteiger partial charge on any atom is -0.481 e. The van der Waals surface area contributed by atoms with E-state index < -0.39 is 24.3 Å². The van der Waals surface area contributed by atoms with Gasteiger partial charge in [0.05, 0.1) is 12.1 Å².